The smallest absolute Gasteiger partial charge is 0.262 e. The van der Waals surface area contributed by atoms with Crippen LogP contribution in [0.3, 0.4) is 0 Å². The van der Waals surface area contributed by atoms with E-state index in [-0.39, 0.29) is 17.7 Å². The molecule has 1 aromatic heterocycles. The molecule has 3 rings (SSSR count). The van der Waals surface area contributed by atoms with Crippen molar-refractivity contribution in [2.24, 2.45) is 5.92 Å². The molecule has 4 nitrogen and oxygen atoms in total. The number of hydrogen-bond donors (Lipinski definition) is 2. The number of carbonyl (C=O) groups excluding carboxylic acids is 2. The minimum atomic E-state index is -0.612. The van der Waals surface area contributed by atoms with Crippen LogP contribution >= 0.6 is 11.3 Å². The Balaban J connectivity index is 1.74. The number of para-hydroxylation sites is 1. The molecule has 0 spiro atoms. The topological polar surface area (TPSA) is 58.2 Å². The summed E-state index contributed by atoms with van der Waals surface area (Å²) in [5.41, 5.74) is 2.98. The number of carbonyl (C=O) groups is 2. The molecule has 2 amide bonds. The first-order valence-corrected chi connectivity index (χ1v) is 10.2. The average molecular weight is 393 g/mol. The van der Waals surface area contributed by atoms with Crippen LogP contribution in [0.25, 0.3) is 0 Å². The molecule has 28 heavy (non-hydrogen) atoms. The summed E-state index contributed by atoms with van der Waals surface area (Å²) in [6.07, 6.45) is 0.727. The molecule has 3 aromatic rings. The zero-order valence-electron chi connectivity index (χ0n) is 16.0. The highest BCUT2D eigenvalue weighted by atomic mass is 32.1. The first-order chi connectivity index (χ1) is 13.5. The SMILES string of the molecule is CC(C)[C@H](NC(=O)c1cccs1)C(=O)Nc1ccccc1Cc1ccccc1. The fraction of sp³-hybridized carbons (Fsp3) is 0.217. The Labute approximate surface area is 169 Å². The van der Waals surface area contributed by atoms with E-state index in [1.165, 1.54) is 16.9 Å². The van der Waals surface area contributed by atoms with Gasteiger partial charge >= 0.3 is 0 Å². The van der Waals surface area contributed by atoms with Crippen molar-refractivity contribution in [2.75, 3.05) is 5.32 Å². The first-order valence-electron chi connectivity index (χ1n) is 9.31. The van der Waals surface area contributed by atoms with E-state index in [2.05, 4.69) is 22.8 Å². The van der Waals surface area contributed by atoms with E-state index in [4.69, 9.17) is 0 Å². The van der Waals surface area contributed by atoms with Gasteiger partial charge in [-0.05, 0) is 41.0 Å². The van der Waals surface area contributed by atoms with Gasteiger partial charge in [-0.3, -0.25) is 9.59 Å². The molecule has 0 aliphatic carbocycles. The lowest BCUT2D eigenvalue weighted by molar-refractivity contribution is -0.118. The van der Waals surface area contributed by atoms with Gasteiger partial charge in [0.15, 0.2) is 0 Å². The van der Waals surface area contributed by atoms with E-state index in [1.54, 1.807) is 6.07 Å². The van der Waals surface area contributed by atoms with Crippen molar-refractivity contribution in [3.63, 3.8) is 0 Å². The summed E-state index contributed by atoms with van der Waals surface area (Å²) < 4.78 is 0. The maximum atomic E-state index is 12.9. The highest BCUT2D eigenvalue weighted by Crippen LogP contribution is 2.20. The van der Waals surface area contributed by atoms with Gasteiger partial charge < -0.3 is 10.6 Å². The third kappa shape index (κ3) is 5.08. The molecule has 144 valence electrons. The van der Waals surface area contributed by atoms with Gasteiger partial charge in [0.2, 0.25) is 5.91 Å². The summed E-state index contributed by atoms with van der Waals surface area (Å²) in [5, 5.41) is 7.73. The number of nitrogens with one attached hydrogen (secondary N) is 2. The highest BCUT2D eigenvalue weighted by molar-refractivity contribution is 7.12. The summed E-state index contributed by atoms with van der Waals surface area (Å²) in [4.78, 5) is 25.9. The molecule has 0 aliphatic heterocycles. The lowest BCUT2D eigenvalue weighted by atomic mass is 10.0. The third-order valence-electron chi connectivity index (χ3n) is 4.49. The molecule has 0 aliphatic rings. The molecule has 1 heterocycles. The lowest BCUT2D eigenvalue weighted by Crippen LogP contribution is -2.47. The molecule has 0 unspecified atom stereocenters. The van der Waals surface area contributed by atoms with Crippen molar-refractivity contribution in [3.05, 3.63) is 88.1 Å². The fourth-order valence-electron chi connectivity index (χ4n) is 2.98. The minimum absolute atomic E-state index is 0.0369. The molecule has 0 radical (unpaired) electrons. The Bertz CT molecular complexity index is 921. The van der Waals surface area contributed by atoms with Crippen molar-refractivity contribution >= 4 is 28.8 Å². The van der Waals surface area contributed by atoms with Crippen molar-refractivity contribution in [3.8, 4) is 0 Å². The van der Waals surface area contributed by atoms with Crippen LogP contribution in [0.2, 0.25) is 0 Å². The number of thiophene rings is 1. The molecule has 2 aromatic carbocycles. The molecule has 1 atom stereocenters. The molecule has 0 saturated heterocycles. The van der Waals surface area contributed by atoms with Crippen molar-refractivity contribution in [1.29, 1.82) is 0 Å². The fourth-order valence-corrected chi connectivity index (χ4v) is 3.60. The van der Waals surface area contributed by atoms with Crippen LogP contribution in [0.5, 0.6) is 0 Å². The summed E-state index contributed by atoms with van der Waals surface area (Å²) in [6, 6.07) is 20.9. The van der Waals surface area contributed by atoms with Crippen molar-refractivity contribution < 1.29 is 9.59 Å². The number of benzene rings is 2. The Morgan fingerprint density at radius 1 is 0.929 bits per heavy atom. The van der Waals surface area contributed by atoms with Crippen LogP contribution in [0.15, 0.2) is 72.1 Å². The van der Waals surface area contributed by atoms with Gasteiger partial charge in [-0.15, -0.1) is 11.3 Å². The zero-order valence-corrected chi connectivity index (χ0v) is 16.8. The van der Waals surface area contributed by atoms with Gasteiger partial charge in [-0.2, -0.15) is 0 Å². The van der Waals surface area contributed by atoms with E-state index >= 15 is 0 Å². The van der Waals surface area contributed by atoms with Gasteiger partial charge in [-0.25, -0.2) is 0 Å². The molecule has 0 bridgehead atoms. The van der Waals surface area contributed by atoms with E-state index < -0.39 is 6.04 Å². The summed E-state index contributed by atoms with van der Waals surface area (Å²) in [6.45, 7) is 3.85. The van der Waals surface area contributed by atoms with Crippen LogP contribution in [-0.4, -0.2) is 17.9 Å². The Morgan fingerprint density at radius 3 is 2.32 bits per heavy atom. The van der Waals surface area contributed by atoms with E-state index in [0.717, 1.165) is 17.7 Å². The zero-order chi connectivity index (χ0) is 19.9. The molecular weight excluding hydrogens is 368 g/mol. The maximum Gasteiger partial charge on any atom is 0.262 e. The molecule has 2 N–H and O–H groups in total. The summed E-state index contributed by atoms with van der Waals surface area (Å²) in [5.74, 6) is -0.466. The van der Waals surface area contributed by atoms with E-state index in [0.29, 0.717) is 4.88 Å². The second kappa shape index (κ2) is 9.33. The third-order valence-corrected chi connectivity index (χ3v) is 5.36. The Kier molecular flexibility index (Phi) is 6.61. The van der Waals surface area contributed by atoms with Crippen LogP contribution < -0.4 is 10.6 Å². The quantitative estimate of drug-likeness (QED) is 0.611. The molecule has 0 saturated carbocycles. The average Bonchev–Trinajstić information content (AvgIpc) is 3.23. The van der Waals surface area contributed by atoms with Crippen LogP contribution in [0.4, 0.5) is 5.69 Å². The molecule has 0 fully saturated rings. The second-order valence-electron chi connectivity index (χ2n) is 6.98. The molecular formula is C23H24N2O2S. The Morgan fingerprint density at radius 2 is 1.64 bits per heavy atom. The predicted octanol–water partition coefficient (Wildman–Crippen LogP) is 4.73. The van der Waals surface area contributed by atoms with Crippen LogP contribution in [0, 0.1) is 5.92 Å². The van der Waals surface area contributed by atoms with E-state index in [1.807, 2.05) is 67.8 Å². The second-order valence-corrected chi connectivity index (χ2v) is 7.93. The summed E-state index contributed by atoms with van der Waals surface area (Å²) >= 11 is 1.36. The Hall–Kier alpha value is -2.92. The molecule has 5 heteroatoms. The monoisotopic (exact) mass is 392 g/mol. The van der Waals surface area contributed by atoms with E-state index in [9.17, 15) is 9.59 Å². The van der Waals surface area contributed by atoms with Crippen molar-refractivity contribution in [1.82, 2.24) is 5.32 Å². The van der Waals surface area contributed by atoms with Gasteiger partial charge in [0.25, 0.3) is 5.91 Å². The van der Waals surface area contributed by atoms with Crippen molar-refractivity contribution in [2.45, 2.75) is 26.3 Å². The van der Waals surface area contributed by atoms with Gasteiger partial charge in [-0.1, -0.05) is 68.4 Å². The minimum Gasteiger partial charge on any atom is -0.339 e. The van der Waals surface area contributed by atoms with Gasteiger partial charge in [0.1, 0.15) is 6.04 Å². The predicted molar refractivity (Wildman–Crippen MR) is 115 cm³/mol. The highest BCUT2D eigenvalue weighted by Gasteiger charge is 2.25. The lowest BCUT2D eigenvalue weighted by Gasteiger charge is -2.22. The number of anilines is 1. The van der Waals surface area contributed by atoms with Gasteiger partial charge in [0.05, 0.1) is 4.88 Å². The first kappa shape index (κ1) is 19.8. The maximum absolute atomic E-state index is 12.9. The van der Waals surface area contributed by atoms with Crippen LogP contribution in [-0.2, 0) is 11.2 Å². The largest absolute Gasteiger partial charge is 0.339 e. The van der Waals surface area contributed by atoms with Gasteiger partial charge in [0, 0.05) is 5.69 Å². The summed E-state index contributed by atoms with van der Waals surface area (Å²) in [7, 11) is 0. The number of hydrogen-bond acceptors (Lipinski definition) is 3. The van der Waals surface area contributed by atoms with Crippen LogP contribution in [0.1, 0.15) is 34.6 Å². The standard InChI is InChI=1S/C23H24N2O2S/c1-16(2)21(25-22(26)20-13-8-14-28-20)23(27)24-19-12-7-6-11-18(19)15-17-9-4-3-5-10-17/h3-14,16,21H,15H2,1-2H3,(H,24,27)(H,25,26)/t21-/m0/s1. The normalized spacial score (nSPS) is 11.8. The number of rotatable bonds is 7. The number of amides is 2.